The van der Waals surface area contributed by atoms with Gasteiger partial charge in [-0.3, -0.25) is 24.1 Å². The van der Waals surface area contributed by atoms with Crippen LogP contribution in [-0.4, -0.2) is 48.2 Å². The van der Waals surface area contributed by atoms with E-state index in [0.717, 1.165) is 4.90 Å². The van der Waals surface area contributed by atoms with Crippen LogP contribution < -0.4 is 10.6 Å². The normalized spacial score (nSPS) is 12.7. The van der Waals surface area contributed by atoms with Crippen molar-refractivity contribution in [3.63, 3.8) is 0 Å². The molecule has 138 valence electrons. The molecule has 2 aromatic rings. The summed E-state index contributed by atoms with van der Waals surface area (Å²) in [6, 6.07) is 15.4. The van der Waals surface area contributed by atoms with Gasteiger partial charge >= 0.3 is 0 Å². The Morgan fingerprint density at radius 1 is 0.778 bits per heavy atom. The molecule has 7 heteroatoms. The maximum atomic E-state index is 12.2. The minimum atomic E-state index is -0.376. The second-order valence-electron chi connectivity index (χ2n) is 6.03. The molecule has 4 amide bonds. The molecule has 7 nitrogen and oxygen atoms in total. The van der Waals surface area contributed by atoms with Crippen molar-refractivity contribution in [2.45, 2.75) is 6.42 Å². The molecule has 0 aromatic heterocycles. The first-order valence-corrected chi connectivity index (χ1v) is 8.63. The summed E-state index contributed by atoms with van der Waals surface area (Å²) < 4.78 is 0. The zero-order valence-corrected chi connectivity index (χ0v) is 14.6. The Morgan fingerprint density at radius 2 is 1.33 bits per heavy atom. The molecule has 1 aliphatic rings. The van der Waals surface area contributed by atoms with Gasteiger partial charge in [-0.2, -0.15) is 0 Å². The van der Waals surface area contributed by atoms with Crippen LogP contribution >= 0.6 is 0 Å². The highest BCUT2D eigenvalue weighted by atomic mass is 16.2. The number of hydrogen-bond donors (Lipinski definition) is 2. The Bertz CT molecular complexity index is 845. The Morgan fingerprint density at radius 3 is 1.96 bits per heavy atom. The third-order valence-electron chi connectivity index (χ3n) is 4.21. The van der Waals surface area contributed by atoms with Gasteiger partial charge in [0.1, 0.15) is 0 Å². The highest BCUT2D eigenvalue weighted by molar-refractivity contribution is 6.21. The Balaban J connectivity index is 1.39. The zero-order valence-electron chi connectivity index (χ0n) is 14.6. The Labute approximate surface area is 156 Å². The van der Waals surface area contributed by atoms with Crippen molar-refractivity contribution in [3.05, 3.63) is 71.3 Å². The smallest absolute Gasteiger partial charge is 0.261 e. The fraction of sp³-hybridized carbons (Fsp3) is 0.200. The van der Waals surface area contributed by atoms with Crippen LogP contribution in [0.25, 0.3) is 0 Å². The monoisotopic (exact) mass is 365 g/mol. The molecule has 2 N–H and O–H groups in total. The van der Waals surface area contributed by atoms with Crippen LogP contribution in [0.15, 0.2) is 54.6 Å². The molecule has 3 rings (SSSR count). The van der Waals surface area contributed by atoms with Gasteiger partial charge < -0.3 is 10.6 Å². The lowest BCUT2D eigenvalue weighted by molar-refractivity contribution is -0.121. The van der Waals surface area contributed by atoms with Crippen LogP contribution in [0.1, 0.15) is 37.5 Å². The second-order valence-corrected chi connectivity index (χ2v) is 6.03. The topological polar surface area (TPSA) is 95.6 Å². The molecular formula is C20H19N3O4. The van der Waals surface area contributed by atoms with Crippen molar-refractivity contribution >= 4 is 23.6 Å². The van der Waals surface area contributed by atoms with E-state index in [1.807, 2.05) is 6.07 Å². The summed E-state index contributed by atoms with van der Waals surface area (Å²) in [5.74, 6) is -1.26. The van der Waals surface area contributed by atoms with Crippen LogP contribution in [0.4, 0.5) is 0 Å². The molecule has 2 aromatic carbocycles. The largest absolute Gasteiger partial charge is 0.354 e. The first-order valence-electron chi connectivity index (χ1n) is 8.63. The summed E-state index contributed by atoms with van der Waals surface area (Å²) in [6.45, 7) is 0.570. The van der Waals surface area contributed by atoms with E-state index < -0.39 is 0 Å². The van der Waals surface area contributed by atoms with E-state index in [2.05, 4.69) is 10.6 Å². The number of nitrogens with one attached hydrogen (secondary N) is 2. The van der Waals surface area contributed by atoms with E-state index in [1.165, 1.54) is 0 Å². The number of benzene rings is 2. The minimum absolute atomic E-state index is 0.0120. The average molecular weight is 365 g/mol. The van der Waals surface area contributed by atoms with Gasteiger partial charge in [0, 0.05) is 31.6 Å². The van der Waals surface area contributed by atoms with Gasteiger partial charge in [0.2, 0.25) is 5.91 Å². The predicted molar refractivity (Wildman–Crippen MR) is 98.2 cm³/mol. The molecule has 1 aliphatic heterocycles. The highest BCUT2D eigenvalue weighted by Crippen LogP contribution is 2.22. The molecule has 0 bridgehead atoms. The first-order chi connectivity index (χ1) is 13.1. The number of amides is 4. The van der Waals surface area contributed by atoms with Gasteiger partial charge in [-0.1, -0.05) is 30.3 Å². The van der Waals surface area contributed by atoms with Crippen molar-refractivity contribution in [2.75, 3.05) is 19.6 Å². The van der Waals surface area contributed by atoms with Gasteiger partial charge in [-0.25, -0.2) is 0 Å². The Hall–Kier alpha value is -3.48. The van der Waals surface area contributed by atoms with Crippen molar-refractivity contribution in [1.82, 2.24) is 15.5 Å². The van der Waals surface area contributed by atoms with Gasteiger partial charge in [-0.15, -0.1) is 0 Å². The zero-order chi connectivity index (χ0) is 19.2. The van der Waals surface area contributed by atoms with E-state index in [9.17, 15) is 19.2 Å². The highest BCUT2D eigenvalue weighted by Gasteiger charge is 2.34. The van der Waals surface area contributed by atoms with E-state index in [0.29, 0.717) is 16.7 Å². The molecule has 1 heterocycles. The number of fused-ring (bicyclic) bond motifs is 1. The number of imide groups is 1. The second kappa shape index (κ2) is 8.27. The maximum absolute atomic E-state index is 12.2. The summed E-state index contributed by atoms with van der Waals surface area (Å²) in [5.41, 5.74) is 1.28. The summed E-state index contributed by atoms with van der Waals surface area (Å²) in [5, 5.41) is 5.37. The lowest BCUT2D eigenvalue weighted by Crippen LogP contribution is -2.37. The van der Waals surface area contributed by atoms with Crippen molar-refractivity contribution in [3.8, 4) is 0 Å². The molecule has 0 fully saturated rings. The number of carbonyl (C=O) groups is 4. The molecule has 0 saturated heterocycles. The number of nitrogens with zero attached hydrogens (tertiary/aromatic N) is 1. The number of carbonyl (C=O) groups excluding carboxylic acids is 4. The van der Waals surface area contributed by atoms with Crippen LogP contribution in [0.2, 0.25) is 0 Å². The molecule has 0 atom stereocenters. The minimum Gasteiger partial charge on any atom is -0.354 e. The summed E-state index contributed by atoms with van der Waals surface area (Å²) >= 11 is 0. The molecular weight excluding hydrogens is 346 g/mol. The molecule has 27 heavy (non-hydrogen) atoms. The third kappa shape index (κ3) is 4.20. The van der Waals surface area contributed by atoms with E-state index in [-0.39, 0.29) is 49.7 Å². The van der Waals surface area contributed by atoms with Crippen LogP contribution in [-0.2, 0) is 4.79 Å². The fourth-order valence-corrected chi connectivity index (χ4v) is 2.81. The van der Waals surface area contributed by atoms with Crippen molar-refractivity contribution in [2.24, 2.45) is 0 Å². The Kier molecular flexibility index (Phi) is 5.61. The number of rotatable bonds is 7. The summed E-state index contributed by atoms with van der Waals surface area (Å²) in [4.78, 5) is 49.3. The van der Waals surface area contributed by atoms with Gasteiger partial charge in [0.25, 0.3) is 17.7 Å². The lowest BCUT2D eigenvalue weighted by atomic mass is 10.1. The predicted octanol–water partition coefficient (Wildman–Crippen LogP) is 1.22. The number of hydrogen-bond acceptors (Lipinski definition) is 4. The van der Waals surface area contributed by atoms with Gasteiger partial charge in [-0.05, 0) is 24.3 Å². The molecule has 0 aliphatic carbocycles. The van der Waals surface area contributed by atoms with Gasteiger partial charge in [0.05, 0.1) is 11.1 Å². The molecule has 0 radical (unpaired) electrons. The lowest BCUT2D eigenvalue weighted by Gasteiger charge is -2.13. The van der Waals surface area contributed by atoms with Crippen molar-refractivity contribution in [1.29, 1.82) is 0 Å². The summed E-state index contributed by atoms with van der Waals surface area (Å²) in [6.07, 6.45) is 0.0120. The molecule has 0 spiro atoms. The van der Waals surface area contributed by atoms with E-state index in [1.54, 1.807) is 48.5 Å². The standard InChI is InChI=1S/C20H19N3O4/c24-17(21-11-12-22-18(25)14-6-2-1-3-7-14)10-13-23-19(26)15-8-4-5-9-16(15)20(23)27/h1-9H,10-13H2,(H,21,24)(H,22,25). The first kappa shape index (κ1) is 18.3. The van der Waals surface area contributed by atoms with Crippen molar-refractivity contribution < 1.29 is 19.2 Å². The maximum Gasteiger partial charge on any atom is 0.261 e. The van der Waals surface area contributed by atoms with Crippen LogP contribution in [0.3, 0.4) is 0 Å². The molecule has 0 saturated carbocycles. The van der Waals surface area contributed by atoms with Crippen LogP contribution in [0.5, 0.6) is 0 Å². The SMILES string of the molecule is O=C(CCN1C(=O)c2ccccc2C1=O)NCCNC(=O)c1ccccc1. The third-order valence-corrected chi connectivity index (χ3v) is 4.21. The molecule has 0 unspecified atom stereocenters. The van der Waals surface area contributed by atoms with Gasteiger partial charge in [0.15, 0.2) is 0 Å². The quantitative estimate of drug-likeness (QED) is 0.570. The summed E-state index contributed by atoms with van der Waals surface area (Å²) in [7, 11) is 0. The van der Waals surface area contributed by atoms with E-state index >= 15 is 0 Å². The average Bonchev–Trinajstić information content (AvgIpc) is 2.94. The van der Waals surface area contributed by atoms with Crippen LogP contribution in [0, 0.1) is 0 Å². The van der Waals surface area contributed by atoms with E-state index in [4.69, 9.17) is 0 Å². The fourth-order valence-electron chi connectivity index (χ4n) is 2.81.